The lowest BCUT2D eigenvalue weighted by atomic mass is 10.2. The minimum atomic E-state index is -3.61. The molecule has 0 spiro atoms. The number of sulfone groups is 1. The van der Waals surface area contributed by atoms with Gasteiger partial charge in [-0.05, 0) is 26.7 Å². The molecule has 1 saturated heterocycles. The zero-order valence-corrected chi connectivity index (χ0v) is 11.5. The van der Waals surface area contributed by atoms with Crippen LogP contribution in [0.15, 0.2) is 0 Å². The molecule has 17 heavy (non-hydrogen) atoms. The highest BCUT2D eigenvalue weighted by Gasteiger charge is 2.33. The highest BCUT2D eigenvalue weighted by atomic mass is 32.2. The normalized spacial score (nSPS) is 23.2. The van der Waals surface area contributed by atoms with Gasteiger partial charge in [-0.25, -0.2) is 21.6 Å². The van der Waals surface area contributed by atoms with E-state index >= 15 is 0 Å². The van der Waals surface area contributed by atoms with E-state index in [0.717, 1.165) is 0 Å². The highest BCUT2D eigenvalue weighted by Crippen LogP contribution is 2.18. The number of hydrogen-bond donors (Lipinski definition) is 1. The first-order valence-electron chi connectivity index (χ1n) is 5.36. The van der Waals surface area contributed by atoms with Crippen LogP contribution in [0.1, 0.15) is 26.7 Å². The van der Waals surface area contributed by atoms with Gasteiger partial charge in [0.05, 0.1) is 22.8 Å². The summed E-state index contributed by atoms with van der Waals surface area (Å²) >= 11 is 0. The number of carbonyl (C=O) groups is 1. The molecule has 100 valence electrons. The minimum Gasteiger partial charge on any atom is -0.298 e. The van der Waals surface area contributed by atoms with Crippen molar-refractivity contribution in [3.8, 4) is 0 Å². The van der Waals surface area contributed by atoms with Crippen molar-refractivity contribution in [1.82, 2.24) is 4.72 Å². The van der Waals surface area contributed by atoms with E-state index in [0.29, 0.717) is 0 Å². The number of Topliss-reactive ketones (excluding diaryl/α,β-unsaturated/α-hetero) is 1. The van der Waals surface area contributed by atoms with Crippen LogP contribution >= 0.6 is 0 Å². The van der Waals surface area contributed by atoms with Gasteiger partial charge in [0.25, 0.3) is 0 Å². The summed E-state index contributed by atoms with van der Waals surface area (Å²) in [5, 5.41) is -0.715. The van der Waals surface area contributed by atoms with Crippen LogP contribution < -0.4 is 4.72 Å². The molecule has 0 aromatic heterocycles. The van der Waals surface area contributed by atoms with E-state index in [2.05, 4.69) is 4.72 Å². The van der Waals surface area contributed by atoms with Crippen LogP contribution in [-0.2, 0) is 24.7 Å². The van der Waals surface area contributed by atoms with Gasteiger partial charge in [0.1, 0.15) is 15.6 Å². The van der Waals surface area contributed by atoms with Crippen molar-refractivity contribution in [3.05, 3.63) is 0 Å². The average Bonchev–Trinajstić information content (AvgIpc) is 2.15. The predicted molar refractivity (Wildman–Crippen MR) is 63.9 cm³/mol. The first-order valence-corrected chi connectivity index (χ1v) is 8.73. The molecule has 1 fully saturated rings. The van der Waals surface area contributed by atoms with Gasteiger partial charge < -0.3 is 0 Å². The zero-order chi connectivity index (χ0) is 13.3. The Kier molecular flexibility index (Phi) is 4.32. The summed E-state index contributed by atoms with van der Waals surface area (Å²) in [6.07, 6.45) is 0.199. The van der Waals surface area contributed by atoms with Crippen LogP contribution in [0.4, 0.5) is 0 Å². The van der Waals surface area contributed by atoms with Gasteiger partial charge in [-0.15, -0.1) is 0 Å². The number of carbonyl (C=O) groups excluding carboxylic acids is 1. The van der Waals surface area contributed by atoms with E-state index in [1.54, 1.807) is 0 Å². The fourth-order valence-corrected chi connectivity index (χ4v) is 5.10. The van der Waals surface area contributed by atoms with Crippen LogP contribution in [0.25, 0.3) is 0 Å². The van der Waals surface area contributed by atoms with Gasteiger partial charge in [0.2, 0.25) is 10.0 Å². The maximum atomic E-state index is 11.9. The van der Waals surface area contributed by atoms with E-state index in [1.165, 1.54) is 13.8 Å². The molecule has 1 rings (SSSR count). The van der Waals surface area contributed by atoms with Crippen molar-refractivity contribution in [1.29, 1.82) is 0 Å². The standard InChI is InChI=1S/C9H17NO5S2/c1-7(8(2)11)10-17(14,15)9-3-5-16(12,13)6-4-9/h7,9-10H,3-6H2,1-2H3. The molecule has 0 aromatic carbocycles. The number of sulfonamides is 1. The Bertz CT molecular complexity index is 479. The molecule has 1 unspecified atom stereocenters. The van der Waals surface area contributed by atoms with Gasteiger partial charge in [-0.1, -0.05) is 0 Å². The molecule has 1 heterocycles. The molecular weight excluding hydrogens is 266 g/mol. The molecule has 0 saturated carbocycles. The molecule has 0 aromatic rings. The van der Waals surface area contributed by atoms with Crippen molar-refractivity contribution in [2.45, 2.75) is 38.0 Å². The molecular formula is C9H17NO5S2. The fourth-order valence-electron chi connectivity index (χ4n) is 1.60. The Hall–Kier alpha value is -0.470. The largest absolute Gasteiger partial charge is 0.298 e. The van der Waals surface area contributed by atoms with Gasteiger partial charge in [0, 0.05) is 0 Å². The molecule has 0 radical (unpaired) electrons. The van der Waals surface area contributed by atoms with Crippen LogP contribution in [0.5, 0.6) is 0 Å². The Morgan fingerprint density at radius 2 is 1.76 bits per heavy atom. The number of ketones is 1. The summed E-state index contributed by atoms with van der Waals surface area (Å²) in [4.78, 5) is 11.0. The third-order valence-corrected chi connectivity index (χ3v) is 6.64. The van der Waals surface area contributed by atoms with Gasteiger partial charge in [0.15, 0.2) is 0 Å². The van der Waals surface area contributed by atoms with Gasteiger partial charge in [-0.3, -0.25) is 4.79 Å². The summed E-state index contributed by atoms with van der Waals surface area (Å²) in [6.45, 7) is 2.78. The molecule has 0 amide bonds. The SMILES string of the molecule is CC(=O)C(C)NS(=O)(=O)C1CCS(=O)(=O)CC1. The summed E-state index contributed by atoms with van der Waals surface area (Å²) in [6, 6.07) is -0.765. The maximum absolute atomic E-state index is 11.9. The lowest BCUT2D eigenvalue weighted by Crippen LogP contribution is -2.45. The second-order valence-electron chi connectivity index (χ2n) is 4.35. The highest BCUT2D eigenvalue weighted by molar-refractivity contribution is 7.92. The van der Waals surface area contributed by atoms with Crippen LogP contribution in [0, 0.1) is 0 Å². The molecule has 1 N–H and O–H groups in total. The fraction of sp³-hybridized carbons (Fsp3) is 0.889. The molecule has 8 heteroatoms. The van der Waals surface area contributed by atoms with Crippen LogP contribution in [-0.4, -0.2) is 45.4 Å². The summed E-state index contributed by atoms with van der Waals surface area (Å²) < 4.78 is 48.4. The predicted octanol–water partition coefficient (Wildman–Crippen LogP) is -0.539. The maximum Gasteiger partial charge on any atom is 0.215 e. The van der Waals surface area contributed by atoms with E-state index in [9.17, 15) is 21.6 Å². The van der Waals surface area contributed by atoms with E-state index in [1.807, 2.05) is 0 Å². The first-order chi connectivity index (χ1) is 7.64. The Balaban J connectivity index is 2.70. The molecule has 0 bridgehead atoms. The Morgan fingerprint density at radius 1 is 1.29 bits per heavy atom. The topological polar surface area (TPSA) is 97.4 Å². The molecule has 1 aliphatic heterocycles. The Morgan fingerprint density at radius 3 is 2.18 bits per heavy atom. The quantitative estimate of drug-likeness (QED) is 0.747. The average molecular weight is 283 g/mol. The Labute approximate surface area is 102 Å². The van der Waals surface area contributed by atoms with Crippen molar-refractivity contribution in [2.75, 3.05) is 11.5 Å². The van der Waals surface area contributed by atoms with Crippen molar-refractivity contribution in [3.63, 3.8) is 0 Å². The summed E-state index contributed by atoms with van der Waals surface area (Å²) in [5.74, 6) is -0.475. The van der Waals surface area contributed by atoms with Crippen molar-refractivity contribution < 1.29 is 21.6 Å². The van der Waals surface area contributed by atoms with Crippen LogP contribution in [0.2, 0.25) is 0 Å². The lowest BCUT2D eigenvalue weighted by molar-refractivity contribution is -0.118. The van der Waals surface area contributed by atoms with Crippen LogP contribution in [0.3, 0.4) is 0 Å². The monoisotopic (exact) mass is 283 g/mol. The minimum absolute atomic E-state index is 0.0995. The lowest BCUT2D eigenvalue weighted by Gasteiger charge is -2.23. The zero-order valence-electron chi connectivity index (χ0n) is 9.84. The smallest absolute Gasteiger partial charge is 0.215 e. The van der Waals surface area contributed by atoms with Crippen molar-refractivity contribution >= 4 is 25.6 Å². The molecule has 1 atom stereocenters. The third-order valence-electron chi connectivity index (χ3n) is 2.89. The number of hydrogen-bond acceptors (Lipinski definition) is 5. The summed E-state index contributed by atoms with van der Waals surface area (Å²) in [5.41, 5.74) is 0. The third kappa shape index (κ3) is 4.04. The molecule has 1 aliphatic rings. The second kappa shape index (κ2) is 5.03. The van der Waals surface area contributed by atoms with Crippen molar-refractivity contribution in [2.24, 2.45) is 0 Å². The van der Waals surface area contributed by atoms with Gasteiger partial charge in [-0.2, -0.15) is 0 Å². The van der Waals surface area contributed by atoms with E-state index < -0.39 is 31.2 Å². The second-order valence-corrected chi connectivity index (χ2v) is 8.64. The number of nitrogens with one attached hydrogen (secondary N) is 1. The van der Waals surface area contributed by atoms with E-state index in [4.69, 9.17) is 0 Å². The first kappa shape index (κ1) is 14.6. The number of rotatable bonds is 4. The molecule has 0 aliphatic carbocycles. The van der Waals surface area contributed by atoms with E-state index in [-0.39, 0.29) is 30.1 Å². The summed E-state index contributed by atoms with van der Waals surface area (Å²) in [7, 11) is -6.69. The molecule has 6 nitrogen and oxygen atoms in total. The van der Waals surface area contributed by atoms with Gasteiger partial charge >= 0.3 is 0 Å².